The van der Waals surface area contributed by atoms with Crippen LogP contribution in [0.25, 0.3) is 0 Å². The smallest absolute Gasteiger partial charge is 0.141 e. The molecule has 1 heterocycles. The van der Waals surface area contributed by atoms with E-state index in [1.807, 2.05) is 13.8 Å². The van der Waals surface area contributed by atoms with Gasteiger partial charge in [-0.15, -0.1) is 0 Å². The monoisotopic (exact) mass is 182 g/mol. The largest absolute Gasteiger partial charge is 0.327 e. The van der Waals surface area contributed by atoms with Crippen LogP contribution in [0.1, 0.15) is 31.9 Å². The molecule has 0 amide bonds. The predicted molar refractivity (Wildman–Crippen MR) is 50.9 cm³/mol. The van der Waals surface area contributed by atoms with E-state index in [0.717, 1.165) is 12.1 Å². The summed E-state index contributed by atoms with van der Waals surface area (Å²) >= 11 is 0. The van der Waals surface area contributed by atoms with Gasteiger partial charge in [0, 0.05) is 17.7 Å². The number of hydrogen-bond acceptors (Lipinski definition) is 2. The Balaban J connectivity index is 2.77. The molecule has 2 nitrogen and oxygen atoms in total. The van der Waals surface area contributed by atoms with Crippen LogP contribution in [0.2, 0.25) is 0 Å². The van der Waals surface area contributed by atoms with Crippen LogP contribution in [0.3, 0.4) is 0 Å². The van der Waals surface area contributed by atoms with Gasteiger partial charge >= 0.3 is 0 Å². The lowest BCUT2D eigenvalue weighted by Crippen LogP contribution is -2.26. The quantitative estimate of drug-likeness (QED) is 0.777. The third-order valence-electron chi connectivity index (χ3n) is 2.33. The molecule has 0 saturated heterocycles. The van der Waals surface area contributed by atoms with E-state index in [9.17, 15) is 4.39 Å². The van der Waals surface area contributed by atoms with Gasteiger partial charge in [-0.05, 0) is 18.6 Å². The van der Waals surface area contributed by atoms with Crippen molar-refractivity contribution in [2.24, 2.45) is 5.73 Å². The van der Waals surface area contributed by atoms with Gasteiger partial charge in [0.15, 0.2) is 0 Å². The number of halogens is 1. The third kappa shape index (κ3) is 2.49. The minimum atomic E-state index is -0.305. The van der Waals surface area contributed by atoms with E-state index >= 15 is 0 Å². The van der Waals surface area contributed by atoms with Crippen molar-refractivity contribution in [1.29, 1.82) is 0 Å². The fraction of sp³-hybridized carbons (Fsp3) is 0.500. The fourth-order valence-corrected chi connectivity index (χ4v) is 1.23. The number of nitrogens with two attached hydrogens (primary N) is 1. The highest BCUT2D eigenvalue weighted by atomic mass is 19.1. The maximum atomic E-state index is 12.5. The summed E-state index contributed by atoms with van der Waals surface area (Å²) in [6.07, 6.45) is 2.13. The topological polar surface area (TPSA) is 38.9 Å². The Bertz CT molecular complexity index is 258. The van der Waals surface area contributed by atoms with Crippen molar-refractivity contribution >= 4 is 0 Å². The average Bonchev–Trinajstić information content (AvgIpc) is 2.17. The molecule has 2 atom stereocenters. The minimum Gasteiger partial charge on any atom is -0.327 e. The second kappa shape index (κ2) is 4.33. The lowest BCUT2D eigenvalue weighted by atomic mass is 9.96. The maximum absolute atomic E-state index is 12.5. The molecule has 0 saturated carbocycles. The van der Waals surface area contributed by atoms with Crippen LogP contribution in [0, 0.1) is 5.82 Å². The average molecular weight is 182 g/mol. The Kier molecular flexibility index (Phi) is 3.37. The van der Waals surface area contributed by atoms with E-state index in [4.69, 9.17) is 5.73 Å². The van der Waals surface area contributed by atoms with Gasteiger partial charge in [-0.1, -0.05) is 13.8 Å². The molecule has 0 bridgehead atoms. The molecule has 0 aliphatic heterocycles. The molecule has 0 aliphatic carbocycles. The fourth-order valence-electron chi connectivity index (χ4n) is 1.23. The number of hydrogen-bond donors (Lipinski definition) is 1. The Labute approximate surface area is 78.0 Å². The van der Waals surface area contributed by atoms with E-state index in [1.54, 1.807) is 6.07 Å². The molecular formula is C10H15FN2. The van der Waals surface area contributed by atoms with Crippen molar-refractivity contribution in [3.05, 3.63) is 29.8 Å². The van der Waals surface area contributed by atoms with Crippen LogP contribution in [0.15, 0.2) is 18.3 Å². The van der Waals surface area contributed by atoms with Crippen molar-refractivity contribution in [1.82, 2.24) is 4.98 Å². The van der Waals surface area contributed by atoms with Gasteiger partial charge in [-0.2, -0.15) is 0 Å². The molecule has 13 heavy (non-hydrogen) atoms. The molecule has 72 valence electrons. The van der Waals surface area contributed by atoms with Gasteiger partial charge in [0.1, 0.15) is 5.82 Å². The number of pyridine rings is 1. The van der Waals surface area contributed by atoms with Crippen molar-refractivity contribution in [3.8, 4) is 0 Å². The Morgan fingerprint density at radius 1 is 1.54 bits per heavy atom. The molecule has 0 spiro atoms. The molecule has 3 heteroatoms. The molecule has 2 unspecified atom stereocenters. The lowest BCUT2D eigenvalue weighted by Gasteiger charge is -2.17. The van der Waals surface area contributed by atoms with E-state index in [-0.39, 0.29) is 17.8 Å². The highest BCUT2D eigenvalue weighted by Crippen LogP contribution is 2.17. The second-order valence-electron chi connectivity index (χ2n) is 3.26. The maximum Gasteiger partial charge on any atom is 0.141 e. The summed E-state index contributed by atoms with van der Waals surface area (Å²) in [5, 5.41) is 0. The molecule has 2 N–H and O–H groups in total. The van der Waals surface area contributed by atoms with Gasteiger partial charge in [0.05, 0.1) is 6.20 Å². The zero-order valence-electron chi connectivity index (χ0n) is 8.00. The summed E-state index contributed by atoms with van der Waals surface area (Å²) < 4.78 is 12.5. The van der Waals surface area contributed by atoms with Crippen molar-refractivity contribution in [2.75, 3.05) is 0 Å². The van der Waals surface area contributed by atoms with Crippen LogP contribution < -0.4 is 5.73 Å². The zero-order valence-corrected chi connectivity index (χ0v) is 8.00. The first-order valence-corrected chi connectivity index (χ1v) is 4.52. The number of nitrogens with zero attached hydrogens (tertiary/aromatic N) is 1. The van der Waals surface area contributed by atoms with E-state index in [0.29, 0.717) is 0 Å². The van der Waals surface area contributed by atoms with Crippen LogP contribution in [0.5, 0.6) is 0 Å². The third-order valence-corrected chi connectivity index (χ3v) is 2.33. The normalized spacial score (nSPS) is 15.4. The first-order chi connectivity index (χ1) is 6.15. The van der Waals surface area contributed by atoms with Gasteiger partial charge in [-0.3, -0.25) is 4.98 Å². The van der Waals surface area contributed by atoms with Crippen molar-refractivity contribution in [2.45, 2.75) is 32.2 Å². The first-order valence-electron chi connectivity index (χ1n) is 4.52. The zero-order chi connectivity index (χ0) is 9.84. The van der Waals surface area contributed by atoms with Gasteiger partial charge in [0.25, 0.3) is 0 Å². The molecule has 0 aromatic carbocycles. The van der Waals surface area contributed by atoms with Gasteiger partial charge in [0.2, 0.25) is 0 Å². The van der Waals surface area contributed by atoms with E-state index in [2.05, 4.69) is 4.98 Å². The standard InChI is InChI=1S/C10H15FN2/c1-3-9(12)7(2)10-5-4-8(11)6-13-10/h4-7,9H,3,12H2,1-2H3. The summed E-state index contributed by atoms with van der Waals surface area (Å²) in [7, 11) is 0. The van der Waals surface area contributed by atoms with Crippen LogP contribution in [0.4, 0.5) is 4.39 Å². The van der Waals surface area contributed by atoms with Crippen molar-refractivity contribution < 1.29 is 4.39 Å². The second-order valence-corrected chi connectivity index (χ2v) is 3.26. The molecule has 1 rings (SSSR count). The molecular weight excluding hydrogens is 167 g/mol. The van der Waals surface area contributed by atoms with Crippen LogP contribution in [-0.4, -0.2) is 11.0 Å². The Hall–Kier alpha value is -0.960. The number of aromatic nitrogens is 1. The van der Waals surface area contributed by atoms with Crippen molar-refractivity contribution in [3.63, 3.8) is 0 Å². The predicted octanol–water partition coefficient (Wildman–Crippen LogP) is 2.06. The Morgan fingerprint density at radius 2 is 2.23 bits per heavy atom. The lowest BCUT2D eigenvalue weighted by molar-refractivity contribution is 0.536. The van der Waals surface area contributed by atoms with Crippen LogP contribution >= 0.6 is 0 Å². The van der Waals surface area contributed by atoms with E-state index < -0.39 is 0 Å². The van der Waals surface area contributed by atoms with Crippen LogP contribution in [-0.2, 0) is 0 Å². The summed E-state index contributed by atoms with van der Waals surface area (Å²) in [6.45, 7) is 4.04. The number of rotatable bonds is 3. The van der Waals surface area contributed by atoms with Gasteiger partial charge in [-0.25, -0.2) is 4.39 Å². The Morgan fingerprint density at radius 3 is 2.69 bits per heavy atom. The van der Waals surface area contributed by atoms with E-state index in [1.165, 1.54) is 12.3 Å². The summed E-state index contributed by atoms with van der Waals surface area (Å²) in [4.78, 5) is 3.99. The molecule has 1 aromatic heterocycles. The minimum absolute atomic E-state index is 0.0953. The SMILES string of the molecule is CCC(N)C(C)c1ccc(F)cn1. The molecule has 0 fully saturated rings. The molecule has 0 radical (unpaired) electrons. The summed E-state index contributed by atoms with van der Waals surface area (Å²) in [5.74, 6) is -0.119. The molecule has 1 aromatic rings. The first kappa shape index (κ1) is 10.1. The summed E-state index contributed by atoms with van der Waals surface area (Å²) in [5.41, 5.74) is 6.71. The highest BCUT2D eigenvalue weighted by molar-refractivity contribution is 5.11. The molecule has 0 aliphatic rings. The highest BCUT2D eigenvalue weighted by Gasteiger charge is 2.13. The summed E-state index contributed by atoms with van der Waals surface area (Å²) in [6, 6.07) is 3.20. The van der Waals surface area contributed by atoms with Gasteiger partial charge < -0.3 is 5.73 Å².